The van der Waals surface area contributed by atoms with Crippen molar-refractivity contribution in [1.82, 2.24) is 9.97 Å². The predicted octanol–water partition coefficient (Wildman–Crippen LogP) is 9.79. The number of sulfone groups is 1. The summed E-state index contributed by atoms with van der Waals surface area (Å²) in [5, 5.41) is 0. The number of allylic oxidation sites excluding steroid dienone is 10. The van der Waals surface area contributed by atoms with Gasteiger partial charge in [0.05, 0.1) is 9.81 Å². The first-order chi connectivity index (χ1) is 20.3. The number of aryl methyl sites for hydroxylation is 2. The first kappa shape index (κ1) is 32.6. The van der Waals surface area contributed by atoms with Gasteiger partial charge in [0, 0.05) is 35.6 Å². The molecule has 4 nitrogen and oxygen atoms in total. The van der Waals surface area contributed by atoms with Crippen LogP contribution < -0.4 is 0 Å². The van der Waals surface area contributed by atoms with Gasteiger partial charge < -0.3 is 0 Å². The minimum absolute atomic E-state index is 0.143. The maximum atomic E-state index is 15.0. The van der Waals surface area contributed by atoms with E-state index in [0.29, 0.717) is 35.5 Å². The molecule has 5 heteroatoms. The third-order valence-electron chi connectivity index (χ3n) is 8.52. The van der Waals surface area contributed by atoms with Gasteiger partial charge >= 0.3 is 0 Å². The Balaban J connectivity index is 2.00. The Morgan fingerprint density at radius 2 is 1.14 bits per heavy atom. The van der Waals surface area contributed by atoms with E-state index in [9.17, 15) is 0 Å². The lowest BCUT2D eigenvalue weighted by Gasteiger charge is -2.35. The molecular formula is C38H48N2O2S. The molecule has 43 heavy (non-hydrogen) atoms. The molecule has 0 fully saturated rings. The van der Waals surface area contributed by atoms with E-state index in [4.69, 9.17) is 9.97 Å². The van der Waals surface area contributed by atoms with Crippen LogP contribution in [0.3, 0.4) is 0 Å². The van der Waals surface area contributed by atoms with E-state index in [2.05, 4.69) is 78.0 Å². The molecule has 2 heterocycles. The maximum absolute atomic E-state index is 15.0. The van der Waals surface area contributed by atoms with E-state index < -0.39 is 9.84 Å². The van der Waals surface area contributed by atoms with Crippen molar-refractivity contribution in [3.8, 4) is 0 Å². The SMILES string of the molecule is CC=CCC(C1=C(S(=O)(=O)C2=C(C(CC=CC)c3cc(C)ccn3)CC(C)(C)C=C2)C=CC(C)(C)C1)c1cc(C)ccn1. The molecule has 0 bridgehead atoms. The Labute approximate surface area is 260 Å². The molecule has 2 aromatic heterocycles. The van der Waals surface area contributed by atoms with Crippen LogP contribution >= 0.6 is 0 Å². The fourth-order valence-electron chi connectivity index (χ4n) is 6.25. The number of hydrogen-bond donors (Lipinski definition) is 0. The zero-order valence-corrected chi connectivity index (χ0v) is 28.0. The van der Waals surface area contributed by atoms with Crippen molar-refractivity contribution in [2.75, 3.05) is 0 Å². The highest BCUT2D eigenvalue weighted by Crippen LogP contribution is 2.48. The first-order valence-corrected chi connectivity index (χ1v) is 16.9. The van der Waals surface area contributed by atoms with Crippen LogP contribution in [0.15, 0.2) is 106 Å². The molecule has 2 atom stereocenters. The van der Waals surface area contributed by atoms with Gasteiger partial charge in [0.25, 0.3) is 0 Å². The zero-order valence-electron chi connectivity index (χ0n) is 27.2. The molecule has 0 saturated carbocycles. The van der Waals surface area contributed by atoms with Crippen LogP contribution in [-0.2, 0) is 9.84 Å². The lowest BCUT2D eigenvalue weighted by Crippen LogP contribution is -2.25. The van der Waals surface area contributed by atoms with Crippen LogP contribution in [0.1, 0.15) is 102 Å². The van der Waals surface area contributed by atoms with Gasteiger partial charge in [0.2, 0.25) is 9.84 Å². The molecule has 0 N–H and O–H groups in total. The Morgan fingerprint density at radius 3 is 1.49 bits per heavy atom. The average Bonchev–Trinajstić information content (AvgIpc) is 2.92. The maximum Gasteiger partial charge on any atom is 0.206 e. The minimum Gasteiger partial charge on any atom is -0.261 e. The van der Waals surface area contributed by atoms with Gasteiger partial charge in [-0.2, -0.15) is 0 Å². The number of rotatable bonds is 10. The van der Waals surface area contributed by atoms with Gasteiger partial charge in [-0.1, -0.05) is 64.2 Å². The van der Waals surface area contributed by atoms with E-state index >= 15 is 8.42 Å². The van der Waals surface area contributed by atoms with Crippen LogP contribution in [0.4, 0.5) is 0 Å². The molecule has 2 aromatic rings. The van der Waals surface area contributed by atoms with Crippen LogP contribution in [0.25, 0.3) is 0 Å². The van der Waals surface area contributed by atoms with Crippen LogP contribution in [0.5, 0.6) is 0 Å². The summed E-state index contributed by atoms with van der Waals surface area (Å²) in [7, 11) is -3.88. The third-order valence-corrected chi connectivity index (χ3v) is 10.5. The zero-order chi connectivity index (χ0) is 31.4. The average molecular weight is 597 g/mol. The minimum atomic E-state index is -3.88. The second-order valence-electron chi connectivity index (χ2n) is 13.5. The highest BCUT2D eigenvalue weighted by molar-refractivity contribution is 7.99. The molecule has 4 rings (SSSR count). The molecule has 2 aliphatic rings. The highest BCUT2D eigenvalue weighted by Gasteiger charge is 2.39. The predicted molar refractivity (Wildman–Crippen MR) is 180 cm³/mol. The van der Waals surface area contributed by atoms with Crippen molar-refractivity contribution in [2.45, 2.75) is 92.9 Å². The van der Waals surface area contributed by atoms with Gasteiger partial charge in [-0.15, -0.1) is 0 Å². The highest BCUT2D eigenvalue weighted by atomic mass is 32.2. The van der Waals surface area contributed by atoms with Gasteiger partial charge in [-0.3, -0.25) is 9.97 Å². The first-order valence-electron chi connectivity index (χ1n) is 15.4. The largest absolute Gasteiger partial charge is 0.261 e. The summed E-state index contributed by atoms with van der Waals surface area (Å²) in [6, 6.07) is 8.17. The van der Waals surface area contributed by atoms with E-state index in [1.165, 1.54) is 0 Å². The van der Waals surface area contributed by atoms with Gasteiger partial charge in [-0.05, 0) is 123 Å². The Hall–Kier alpha value is -3.31. The van der Waals surface area contributed by atoms with Crippen LogP contribution in [0.2, 0.25) is 0 Å². The lowest BCUT2D eigenvalue weighted by atomic mass is 9.75. The molecular weight excluding hydrogens is 548 g/mol. The Morgan fingerprint density at radius 1 is 0.744 bits per heavy atom. The summed E-state index contributed by atoms with van der Waals surface area (Å²) < 4.78 is 30.1. The number of pyridine rings is 2. The van der Waals surface area contributed by atoms with Crippen molar-refractivity contribution in [1.29, 1.82) is 0 Å². The normalized spacial score (nSPS) is 19.9. The summed E-state index contributed by atoms with van der Waals surface area (Å²) >= 11 is 0. The van der Waals surface area contributed by atoms with Crippen molar-refractivity contribution >= 4 is 9.84 Å². The fourth-order valence-corrected chi connectivity index (χ4v) is 8.10. The van der Waals surface area contributed by atoms with Gasteiger partial charge in [-0.25, -0.2) is 8.42 Å². The Kier molecular flexibility index (Phi) is 9.96. The summed E-state index contributed by atoms with van der Waals surface area (Å²) in [5.41, 5.74) is 5.59. The number of hydrogen-bond acceptors (Lipinski definition) is 4. The second kappa shape index (κ2) is 13.1. The van der Waals surface area contributed by atoms with E-state index in [0.717, 1.165) is 33.7 Å². The molecule has 228 valence electrons. The number of nitrogens with zero attached hydrogens (tertiary/aromatic N) is 2. The van der Waals surface area contributed by atoms with Crippen molar-refractivity contribution in [2.24, 2.45) is 10.8 Å². The monoisotopic (exact) mass is 596 g/mol. The van der Waals surface area contributed by atoms with Crippen molar-refractivity contribution in [3.63, 3.8) is 0 Å². The summed E-state index contributed by atoms with van der Waals surface area (Å²) in [6.07, 6.45) is 22.5. The van der Waals surface area contributed by atoms with Crippen LogP contribution in [0, 0.1) is 24.7 Å². The summed E-state index contributed by atoms with van der Waals surface area (Å²) in [4.78, 5) is 10.4. The summed E-state index contributed by atoms with van der Waals surface area (Å²) in [5.74, 6) is -0.286. The molecule has 0 aliphatic heterocycles. The molecule has 2 unspecified atom stereocenters. The molecule has 0 saturated heterocycles. The molecule has 0 aromatic carbocycles. The van der Waals surface area contributed by atoms with E-state index in [1.807, 2.05) is 62.7 Å². The van der Waals surface area contributed by atoms with E-state index in [-0.39, 0.29) is 22.7 Å². The third kappa shape index (κ3) is 7.62. The topological polar surface area (TPSA) is 59.9 Å². The standard InChI is InChI=1S/C38H48N2O2S/c1-9-11-13-29(33-23-27(3)17-21-39-33)31-25-37(5,6)19-15-35(31)43(41,42)36-16-20-38(7,8)26-32(36)30(14-12-10-2)34-24-28(4)18-22-40-34/h9-12,15-24,29-30H,13-14,25-26H2,1-8H3. The fraction of sp³-hybridized carbons (Fsp3) is 0.421. The van der Waals surface area contributed by atoms with Crippen LogP contribution in [-0.4, -0.2) is 18.4 Å². The molecule has 0 spiro atoms. The van der Waals surface area contributed by atoms with Gasteiger partial charge in [0.1, 0.15) is 0 Å². The van der Waals surface area contributed by atoms with Crippen molar-refractivity contribution in [3.05, 3.63) is 129 Å². The van der Waals surface area contributed by atoms with Gasteiger partial charge in [0.15, 0.2) is 0 Å². The summed E-state index contributed by atoms with van der Waals surface area (Å²) in [6.45, 7) is 16.8. The number of aromatic nitrogens is 2. The van der Waals surface area contributed by atoms with E-state index in [1.54, 1.807) is 0 Å². The molecule has 2 aliphatic carbocycles. The van der Waals surface area contributed by atoms with Crippen molar-refractivity contribution < 1.29 is 8.42 Å². The molecule has 0 amide bonds. The second-order valence-corrected chi connectivity index (χ2v) is 15.4. The Bertz CT molecular complexity index is 1520. The lowest BCUT2D eigenvalue weighted by molar-refractivity contribution is 0.449. The molecule has 0 radical (unpaired) electrons. The quantitative estimate of drug-likeness (QED) is 0.256. The smallest absolute Gasteiger partial charge is 0.206 e.